The highest BCUT2D eigenvalue weighted by atomic mass is 32.2. The average Bonchev–Trinajstić information content (AvgIpc) is 3.36. The van der Waals surface area contributed by atoms with E-state index < -0.39 is 39.9 Å². The van der Waals surface area contributed by atoms with Gasteiger partial charge in [-0.25, -0.2) is 17.6 Å². The van der Waals surface area contributed by atoms with Crippen LogP contribution in [0.3, 0.4) is 0 Å². The lowest BCUT2D eigenvalue weighted by molar-refractivity contribution is -0.144. The number of methoxy groups -OCH3 is 2. The summed E-state index contributed by atoms with van der Waals surface area (Å²) in [6, 6.07) is 5.79. The molecule has 1 aromatic carbocycles. The summed E-state index contributed by atoms with van der Waals surface area (Å²) in [7, 11) is -1.97. The Kier molecular flexibility index (Phi) is 6.20. The SMILES string of the molecule is COC(=O)c1sccc1S(=O)(=O)N1C[C@H](Oc2ccccc2F)C[C@H]1C(=O)OC. The van der Waals surface area contributed by atoms with Crippen molar-refractivity contribution < 1.29 is 36.6 Å². The number of ether oxygens (including phenoxy) is 3. The van der Waals surface area contributed by atoms with Gasteiger partial charge < -0.3 is 14.2 Å². The molecule has 0 amide bonds. The van der Waals surface area contributed by atoms with Crippen molar-refractivity contribution in [1.29, 1.82) is 0 Å². The van der Waals surface area contributed by atoms with Gasteiger partial charge in [0.2, 0.25) is 10.0 Å². The quantitative estimate of drug-likeness (QED) is 0.630. The predicted octanol–water partition coefficient (Wildman–Crippen LogP) is 2.06. The molecule has 8 nitrogen and oxygen atoms in total. The van der Waals surface area contributed by atoms with E-state index in [0.29, 0.717) is 0 Å². The highest BCUT2D eigenvalue weighted by molar-refractivity contribution is 7.89. The van der Waals surface area contributed by atoms with Crippen molar-refractivity contribution in [2.45, 2.75) is 23.5 Å². The number of thiophene rings is 1. The second kappa shape index (κ2) is 8.47. The van der Waals surface area contributed by atoms with E-state index in [2.05, 4.69) is 4.74 Å². The number of benzene rings is 1. The minimum atomic E-state index is -4.25. The van der Waals surface area contributed by atoms with Gasteiger partial charge in [-0.1, -0.05) is 12.1 Å². The maximum atomic E-state index is 13.9. The average molecular weight is 443 g/mol. The monoisotopic (exact) mass is 443 g/mol. The molecule has 0 aliphatic carbocycles. The molecule has 156 valence electrons. The summed E-state index contributed by atoms with van der Waals surface area (Å²) in [5.74, 6) is -2.23. The van der Waals surface area contributed by atoms with Crippen LogP contribution in [-0.4, -0.2) is 57.6 Å². The third-order valence-electron chi connectivity index (χ3n) is 4.41. The second-order valence-corrected chi connectivity index (χ2v) is 8.90. The molecule has 2 atom stereocenters. The van der Waals surface area contributed by atoms with Crippen molar-refractivity contribution in [2.24, 2.45) is 0 Å². The molecule has 3 rings (SSSR count). The standard InChI is InChI=1S/C18H18FNO7S2/c1-25-17(21)13-9-11(27-14-6-4-3-5-12(14)19)10-20(13)29(23,24)15-7-8-28-16(15)18(22)26-2/h3-8,11,13H,9-10H2,1-2H3/t11-,13+/m1/s1. The number of rotatable bonds is 6. The van der Waals surface area contributed by atoms with Crippen LogP contribution >= 0.6 is 11.3 Å². The topological polar surface area (TPSA) is 99.2 Å². The van der Waals surface area contributed by atoms with Crippen LogP contribution in [0.4, 0.5) is 4.39 Å². The molecule has 1 aliphatic rings. The van der Waals surface area contributed by atoms with Crippen LogP contribution in [0.25, 0.3) is 0 Å². The number of halogens is 1. The Bertz CT molecular complexity index is 1020. The first-order valence-corrected chi connectivity index (χ1v) is 10.8. The molecule has 0 radical (unpaired) electrons. The minimum absolute atomic E-state index is 0.0298. The molecule has 1 aromatic heterocycles. The van der Waals surface area contributed by atoms with Gasteiger partial charge in [-0.3, -0.25) is 4.79 Å². The number of nitrogens with zero attached hydrogens (tertiary/aromatic N) is 1. The van der Waals surface area contributed by atoms with Gasteiger partial charge in [0.15, 0.2) is 11.6 Å². The zero-order chi connectivity index (χ0) is 21.2. The predicted molar refractivity (Wildman–Crippen MR) is 101 cm³/mol. The molecule has 0 spiro atoms. The fraction of sp³-hybridized carbons (Fsp3) is 0.333. The largest absolute Gasteiger partial charge is 0.486 e. The molecule has 11 heteroatoms. The van der Waals surface area contributed by atoms with Crippen LogP contribution in [0.5, 0.6) is 5.75 Å². The molecule has 0 bridgehead atoms. The van der Waals surface area contributed by atoms with E-state index in [1.807, 2.05) is 0 Å². The molecule has 1 aliphatic heterocycles. The lowest BCUT2D eigenvalue weighted by Gasteiger charge is -2.21. The Morgan fingerprint density at radius 3 is 2.55 bits per heavy atom. The van der Waals surface area contributed by atoms with Crippen LogP contribution in [0.2, 0.25) is 0 Å². The second-order valence-electron chi connectivity index (χ2n) is 6.13. The molecular weight excluding hydrogens is 425 g/mol. The first kappa shape index (κ1) is 21.2. The summed E-state index contributed by atoms with van der Waals surface area (Å²) in [4.78, 5) is 23.8. The van der Waals surface area contributed by atoms with Gasteiger partial charge in [-0.15, -0.1) is 11.3 Å². The first-order valence-electron chi connectivity index (χ1n) is 8.46. The van der Waals surface area contributed by atoms with E-state index in [0.717, 1.165) is 29.9 Å². The van der Waals surface area contributed by atoms with Crippen LogP contribution < -0.4 is 4.74 Å². The van der Waals surface area contributed by atoms with Gasteiger partial charge in [-0.05, 0) is 23.6 Å². The molecule has 0 unspecified atom stereocenters. The maximum absolute atomic E-state index is 13.9. The van der Waals surface area contributed by atoms with Crippen LogP contribution in [0, 0.1) is 5.82 Å². The number of hydrogen-bond acceptors (Lipinski definition) is 8. The van der Waals surface area contributed by atoms with E-state index in [9.17, 15) is 22.4 Å². The molecule has 1 saturated heterocycles. The van der Waals surface area contributed by atoms with Gasteiger partial charge in [0.25, 0.3) is 0 Å². The molecule has 0 saturated carbocycles. The number of para-hydroxylation sites is 1. The highest BCUT2D eigenvalue weighted by Gasteiger charge is 2.47. The summed E-state index contributed by atoms with van der Waals surface area (Å²) in [5, 5.41) is 1.44. The lowest BCUT2D eigenvalue weighted by Crippen LogP contribution is -2.41. The van der Waals surface area contributed by atoms with Crippen molar-refractivity contribution in [1.82, 2.24) is 4.31 Å². The third-order valence-corrected chi connectivity index (χ3v) is 7.35. The van der Waals surface area contributed by atoms with Crippen molar-refractivity contribution in [3.63, 3.8) is 0 Å². The Hall–Kier alpha value is -2.50. The number of carbonyl (C=O) groups is 2. The number of esters is 2. The summed E-state index contributed by atoms with van der Waals surface area (Å²) in [5.41, 5.74) is 0. The number of hydrogen-bond donors (Lipinski definition) is 0. The highest BCUT2D eigenvalue weighted by Crippen LogP contribution is 2.33. The van der Waals surface area contributed by atoms with Gasteiger partial charge in [0.1, 0.15) is 21.9 Å². The molecular formula is C18H18FNO7S2. The lowest BCUT2D eigenvalue weighted by atomic mass is 10.2. The normalized spacial score (nSPS) is 19.7. The van der Waals surface area contributed by atoms with Crippen molar-refractivity contribution in [3.8, 4) is 5.75 Å². The van der Waals surface area contributed by atoms with Crippen molar-refractivity contribution in [3.05, 3.63) is 46.4 Å². The smallest absolute Gasteiger partial charge is 0.349 e. The van der Waals surface area contributed by atoms with Gasteiger partial charge in [-0.2, -0.15) is 4.31 Å². The van der Waals surface area contributed by atoms with E-state index >= 15 is 0 Å². The summed E-state index contributed by atoms with van der Waals surface area (Å²) in [6.45, 7) is -0.215. The van der Waals surface area contributed by atoms with Crippen LogP contribution in [0.15, 0.2) is 40.6 Å². The minimum Gasteiger partial charge on any atom is -0.486 e. The van der Waals surface area contributed by atoms with E-state index in [1.165, 1.54) is 29.6 Å². The first-order chi connectivity index (χ1) is 13.8. The van der Waals surface area contributed by atoms with Gasteiger partial charge in [0.05, 0.1) is 20.8 Å². The van der Waals surface area contributed by atoms with Crippen LogP contribution in [0.1, 0.15) is 16.1 Å². The maximum Gasteiger partial charge on any atom is 0.349 e. The molecule has 29 heavy (non-hydrogen) atoms. The Morgan fingerprint density at radius 2 is 1.90 bits per heavy atom. The Balaban J connectivity index is 1.93. The summed E-state index contributed by atoms with van der Waals surface area (Å²) < 4.78 is 56.2. The van der Waals surface area contributed by atoms with Crippen LogP contribution in [-0.2, 0) is 24.3 Å². The molecule has 2 aromatic rings. The fourth-order valence-electron chi connectivity index (χ4n) is 3.06. The molecule has 2 heterocycles. The number of carbonyl (C=O) groups excluding carboxylic acids is 2. The van der Waals surface area contributed by atoms with Crippen molar-refractivity contribution >= 4 is 33.3 Å². The molecule has 0 N–H and O–H groups in total. The van der Waals surface area contributed by atoms with E-state index in [-0.39, 0.29) is 28.5 Å². The van der Waals surface area contributed by atoms with E-state index in [1.54, 1.807) is 6.07 Å². The van der Waals surface area contributed by atoms with Gasteiger partial charge in [0, 0.05) is 6.42 Å². The Labute approximate surface area is 170 Å². The van der Waals surface area contributed by atoms with E-state index in [4.69, 9.17) is 9.47 Å². The molecule has 1 fully saturated rings. The summed E-state index contributed by atoms with van der Waals surface area (Å²) in [6.07, 6.45) is -0.816. The Morgan fingerprint density at radius 1 is 1.17 bits per heavy atom. The zero-order valence-electron chi connectivity index (χ0n) is 15.5. The van der Waals surface area contributed by atoms with Crippen molar-refractivity contribution in [2.75, 3.05) is 20.8 Å². The fourth-order valence-corrected chi connectivity index (χ4v) is 5.99. The third kappa shape index (κ3) is 4.11. The van der Waals surface area contributed by atoms with Gasteiger partial charge >= 0.3 is 11.9 Å². The number of sulfonamides is 1. The summed E-state index contributed by atoms with van der Waals surface area (Å²) >= 11 is 0.911. The zero-order valence-corrected chi connectivity index (χ0v) is 17.2.